The summed E-state index contributed by atoms with van der Waals surface area (Å²) >= 11 is 0. The van der Waals surface area contributed by atoms with Crippen LogP contribution < -0.4 is 0 Å². The van der Waals surface area contributed by atoms with Crippen LogP contribution >= 0.6 is 0 Å². The Balaban J connectivity index is 2.90. The zero-order valence-corrected chi connectivity index (χ0v) is 7.54. The van der Waals surface area contributed by atoms with Crippen molar-refractivity contribution in [3.8, 4) is 6.07 Å². The first-order valence-corrected chi connectivity index (χ1v) is 4.16. The molecule has 5 heteroatoms. The Bertz CT molecular complexity index is 587. The molecule has 0 fully saturated rings. The maximum absolute atomic E-state index is 10.7. The number of nitro groups is 1. The third-order valence-corrected chi connectivity index (χ3v) is 2.09. The number of non-ortho nitro benzene ring substituents is 1. The summed E-state index contributed by atoms with van der Waals surface area (Å²) in [7, 11) is 0. The van der Waals surface area contributed by atoms with Crippen molar-refractivity contribution in [1.82, 2.24) is 4.98 Å². The maximum atomic E-state index is 10.7. The van der Waals surface area contributed by atoms with E-state index in [2.05, 4.69) is 4.98 Å². The predicted octanol–water partition coefficient (Wildman–Crippen LogP) is 2.01. The van der Waals surface area contributed by atoms with Gasteiger partial charge in [-0.3, -0.25) is 10.1 Å². The minimum absolute atomic E-state index is 0.00796. The van der Waals surface area contributed by atoms with E-state index in [4.69, 9.17) is 5.26 Å². The van der Waals surface area contributed by atoms with Gasteiger partial charge in [-0.05, 0) is 6.07 Å². The van der Waals surface area contributed by atoms with Gasteiger partial charge in [0.2, 0.25) is 0 Å². The summed E-state index contributed by atoms with van der Waals surface area (Å²) < 4.78 is 0. The molecule has 1 aromatic carbocycles. The van der Waals surface area contributed by atoms with Crippen molar-refractivity contribution >= 4 is 16.5 Å². The van der Waals surface area contributed by atoms with Crippen LogP contribution in [-0.4, -0.2) is 9.91 Å². The van der Waals surface area contributed by atoms with Crippen LogP contribution in [0.2, 0.25) is 0 Å². The number of hydrogen-bond acceptors (Lipinski definition) is 4. The normalized spacial score (nSPS) is 9.80. The van der Waals surface area contributed by atoms with Gasteiger partial charge in [-0.25, -0.2) is 4.98 Å². The molecule has 1 aromatic heterocycles. The fourth-order valence-corrected chi connectivity index (χ4v) is 1.44. The Labute approximate surface area is 84.7 Å². The van der Waals surface area contributed by atoms with Crippen molar-refractivity contribution in [2.24, 2.45) is 0 Å². The third-order valence-electron chi connectivity index (χ3n) is 2.09. The lowest BCUT2D eigenvalue weighted by Gasteiger charge is -1.99. The maximum Gasteiger partial charge on any atom is 0.277 e. The van der Waals surface area contributed by atoms with Gasteiger partial charge in [0, 0.05) is 17.6 Å². The number of nitriles is 1. The van der Waals surface area contributed by atoms with E-state index in [0.717, 1.165) is 0 Å². The summed E-state index contributed by atoms with van der Waals surface area (Å²) in [5.74, 6) is 0. The third kappa shape index (κ3) is 1.38. The molecular weight excluding hydrogens is 194 g/mol. The average Bonchev–Trinajstić information content (AvgIpc) is 2.27. The van der Waals surface area contributed by atoms with E-state index < -0.39 is 4.92 Å². The van der Waals surface area contributed by atoms with Crippen LogP contribution in [0, 0.1) is 21.4 Å². The van der Waals surface area contributed by atoms with E-state index in [-0.39, 0.29) is 11.4 Å². The fraction of sp³-hybridized carbons (Fsp3) is 0. The Morgan fingerprint density at radius 3 is 2.80 bits per heavy atom. The molecule has 2 aromatic rings. The smallest absolute Gasteiger partial charge is 0.258 e. The van der Waals surface area contributed by atoms with Crippen molar-refractivity contribution in [3.05, 3.63) is 46.3 Å². The largest absolute Gasteiger partial charge is 0.277 e. The first-order valence-electron chi connectivity index (χ1n) is 4.16. The van der Waals surface area contributed by atoms with Gasteiger partial charge in [-0.2, -0.15) is 5.26 Å². The van der Waals surface area contributed by atoms with Gasteiger partial charge < -0.3 is 0 Å². The van der Waals surface area contributed by atoms with E-state index in [1.165, 1.54) is 18.3 Å². The molecule has 0 saturated heterocycles. The molecule has 0 unspecified atom stereocenters. The predicted molar refractivity (Wildman–Crippen MR) is 53.1 cm³/mol. The molecule has 0 atom stereocenters. The summed E-state index contributed by atoms with van der Waals surface area (Å²) in [5.41, 5.74) is 0.197. The Kier molecular flexibility index (Phi) is 2.03. The van der Waals surface area contributed by atoms with Gasteiger partial charge in [-0.15, -0.1) is 0 Å². The van der Waals surface area contributed by atoms with E-state index in [1.54, 1.807) is 12.1 Å². The standard InChI is InChI=1S/C10H5N3O2/c11-6-9-7-2-1-3-10(13(14)15)8(7)4-5-12-9/h1-5H. The highest BCUT2D eigenvalue weighted by Crippen LogP contribution is 2.25. The van der Waals surface area contributed by atoms with Crippen LogP contribution in [0.25, 0.3) is 10.8 Å². The highest BCUT2D eigenvalue weighted by Gasteiger charge is 2.12. The van der Waals surface area contributed by atoms with E-state index >= 15 is 0 Å². The lowest BCUT2D eigenvalue weighted by molar-refractivity contribution is -0.383. The van der Waals surface area contributed by atoms with Gasteiger partial charge in [0.25, 0.3) is 5.69 Å². The number of nitro benzene ring substituents is 1. The summed E-state index contributed by atoms with van der Waals surface area (Å²) in [5, 5.41) is 20.4. The van der Waals surface area contributed by atoms with Crippen molar-refractivity contribution in [2.75, 3.05) is 0 Å². The Hall–Kier alpha value is -2.48. The van der Waals surface area contributed by atoms with Gasteiger partial charge in [-0.1, -0.05) is 12.1 Å². The number of fused-ring (bicyclic) bond motifs is 1. The lowest BCUT2D eigenvalue weighted by atomic mass is 10.1. The van der Waals surface area contributed by atoms with Crippen molar-refractivity contribution in [2.45, 2.75) is 0 Å². The average molecular weight is 199 g/mol. The fourth-order valence-electron chi connectivity index (χ4n) is 1.44. The molecule has 0 spiro atoms. The van der Waals surface area contributed by atoms with Crippen LogP contribution in [0.15, 0.2) is 30.5 Å². The zero-order chi connectivity index (χ0) is 10.8. The highest BCUT2D eigenvalue weighted by atomic mass is 16.6. The summed E-state index contributed by atoms with van der Waals surface area (Å²) in [6.07, 6.45) is 1.40. The molecule has 0 amide bonds. The molecule has 0 saturated carbocycles. The number of nitrogens with zero attached hydrogens (tertiary/aromatic N) is 3. The highest BCUT2D eigenvalue weighted by molar-refractivity contribution is 5.93. The molecule has 0 N–H and O–H groups in total. The monoisotopic (exact) mass is 199 g/mol. The second kappa shape index (κ2) is 3.35. The quantitative estimate of drug-likeness (QED) is 0.519. The van der Waals surface area contributed by atoms with E-state index in [1.807, 2.05) is 6.07 Å². The number of pyridine rings is 1. The minimum atomic E-state index is -0.469. The molecule has 72 valence electrons. The Morgan fingerprint density at radius 1 is 1.33 bits per heavy atom. The zero-order valence-electron chi connectivity index (χ0n) is 7.54. The number of rotatable bonds is 1. The molecule has 1 heterocycles. The molecule has 0 aliphatic rings. The number of aromatic nitrogens is 1. The summed E-state index contributed by atoms with van der Waals surface area (Å²) in [6, 6.07) is 8.04. The first kappa shape index (κ1) is 9.09. The van der Waals surface area contributed by atoms with E-state index in [0.29, 0.717) is 10.8 Å². The van der Waals surface area contributed by atoms with Crippen LogP contribution in [0.4, 0.5) is 5.69 Å². The molecule has 0 aliphatic carbocycles. The molecule has 0 radical (unpaired) electrons. The SMILES string of the molecule is N#Cc1nccc2c([N+](=O)[O-])cccc12. The molecule has 2 rings (SSSR count). The first-order chi connectivity index (χ1) is 7.24. The lowest BCUT2D eigenvalue weighted by Crippen LogP contribution is -1.91. The van der Waals surface area contributed by atoms with Crippen molar-refractivity contribution in [3.63, 3.8) is 0 Å². The number of benzene rings is 1. The summed E-state index contributed by atoms with van der Waals surface area (Å²) in [6.45, 7) is 0. The molecular formula is C10H5N3O2. The van der Waals surface area contributed by atoms with Crippen LogP contribution in [0.5, 0.6) is 0 Å². The number of hydrogen-bond donors (Lipinski definition) is 0. The van der Waals surface area contributed by atoms with Crippen LogP contribution in [-0.2, 0) is 0 Å². The molecule has 15 heavy (non-hydrogen) atoms. The van der Waals surface area contributed by atoms with Gasteiger partial charge in [0.15, 0.2) is 0 Å². The summed E-state index contributed by atoms with van der Waals surface area (Å²) in [4.78, 5) is 14.1. The second-order valence-corrected chi connectivity index (χ2v) is 2.90. The van der Waals surface area contributed by atoms with Crippen molar-refractivity contribution < 1.29 is 4.92 Å². The molecule has 0 aliphatic heterocycles. The van der Waals surface area contributed by atoms with Crippen molar-refractivity contribution in [1.29, 1.82) is 5.26 Å². The minimum Gasteiger partial charge on any atom is -0.258 e. The van der Waals surface area contributed by atoms with Crippen LogP contribution in [0.3, 0.4) is 0 Å². The Morgan fingerprint density at radius 2 is 2.13 bits per heavy atom. The van der Waals surface area contributed by atoms with Gasteiger partial charge in [0.1, 0.15) is 11.8 Å². The topological polar surface area (TPSA) is 79.8 Å². The second-order valence-electron chi connectivity index (χ2n) is 2.90. The van der Waals surface area contributed by atoms with E-state index in [9.17, 15) is 10.1 Å². The van der Waals surface area contributed by atoms with Gasteiger partial charge in [0.05, 0.1) is 10.3 Å². The molecule has 5 nitrogen and oxygen atoms in total. The van der Waals surface area contributed by atoms with Crippen LogP contribution in [0.1, 0.15) is 5.69 Å². The molecule has 0 bridgehead atoms. The van der Waals surface area contributed by atoms with Gasteiger partial charge >= 0.3 is 0 Å².